The van der Waals surface area contributed by atoms with Gasteiger partial charge in [-0.05, 0) is 37.0 Å². The summed E-state index contributed by atoms with van der Waals surface area (Å²) in [6.45, 7) is 0.648. The summed E-state index contributed by atoms with van der Waals surface area (Å²) in [5.74, 6) is -1.90. The predicted molar refractivity (Wildman–Crippen MR) is 63.6 cm³/mol. The van der Waals surface area contributed by atoms with Gasteiger partial charge in [0.2, 0.25) is 0 Å². The van der Waals surface area contributed by atoms with Gasteiger partial charge in [-0.25, -0.2) is 8.78 Å². The molecule has 94 valence electrons. The summed E-state index contributed by atoms with van der Waals surface area (Å²) < 4.78 is 31.6. The quantitative estimate of drug-likeness (QED) is 0.574. The molecule has 0 bridgehead atoms. The predicted octanol–water partition coefficient (Wildman–Crippen LogP) is 4.47. The van der Waals surface area contributed by atoms with E-state index in [9.17, 15) is 8.78 Å². The van der Waals surface area contributed by atoms with Gasteiger partial charge in [0.1, 0.15) is 0 Å². The van der Waals surface area contributed by atoms with Crippen LogP contribution < -0.4 is 0 Å². The normalized spacial score (nSPS) is 22.5. The van der Waals surface area contributed by atoms with Crippen LogP contribution in [0.15, 0.2) is 12.1 Å². The van der Waals surface area contributed by atoms with Crippen molar-refractivity contribution in [3.8, 4) is 0 Å². The van der Waals surface area contributed by atoms with Gasteiger partial charge in [-0.1, -0.05) is 11.6 Å². The van der Waals surface area contributed by atoms with Crippen molar-refractivity contribution in [1.82, 2.24) is 0 Å². The zero-order valence-corrected chi connectivity index (χ0v) is 10.6. The summed E-state index contributed by atoms with van der Waals surface area (Å²) in [6, 6.07) is 2.00. The Balaban J connectivity index is 2.23. The van der Waals surface area contributed by atoms with Crippen molar-refractivity contribution in [2.45, 2.75) is 30.7 Å². The van der Waals surface area contributed by atoms with Gasteiger partial charge in [-0.2, -0.15) is 0 Å². The second kappa shape index (κ2) is 5.51. The number of rotatable bonds is 2. The highest BCUT2D eigenvalue weighted by Crippen LogP contribution is 2.36. The van der Waals surface area contributed by atoms with E-state index >= 15 is 0 Å². The van der Waals surface area contributed by atoms with Gasteiger partial charge in [0.25, 0.3) is 0 Å². The van der Waals surface area contributed by atoms with Gasteiger partial charge in [-0.3, -0.25) is 0 Å². The van der Waals surface area contributed by atoms with Crippen molar-refractivity contribution in [3.05, 3.63) is 34.4 Å². The summed E-state index contributed by atoms with van der Waals surface area (Å²) in [5.41, 5.74) is 0.388. The minimum Gasteiger partial charge on any atom is -0.376 e. The lowest BCUT2D eigenvalue weighted by Crippen LogP contribution is -2.24. The molecule has 1 heterocycles. The van der Waals surface area contributed by atoms with Crippen LogP contribution in [-0.4, -0.2) is 12.7 Å². The molecular weight excluding hydrogens is 269 g/mol. The maximum Gasteiger partial charge on any atom is 0.160 e. The highest BCUT2D eigenvalue weighted by Gasteiger charge is 2.26. The monoisotopic (exact) mass is 280 g/mol. The molecule has 1 saturated heterocycles. The molecule has 0 amide bonds. The standard InChI is InChI=1S/C12H12Cl2F2O/c13-8-6-10(16)9(15)5-7(8)12(14)11-3-1-2-4-17-11/h5-6,11-12H,1-4H2. The molecule has 2 atom stereocenters. The molecule has 0 aromatic heterocycles. The molecule has 0 spiro atoms. The fourth-order valence-electron chi connectivity index (χ4n) is 1.95. The SMILES string of the molecule is Fc1cc(Cl)c(C(Cl)C2CCCCO2)cc1F. The minimum absolute atomic E-state index is 0.137. The van der Waals surface area contributed by atoms with E-state index < -0.39 is 17.0 Å². The third-order valence-electron chi connectivity index (χ3n) is 2.88. The van der Waals surface area contributed by atoms with Crippen molar-refractivity contribution in [2.24, 2.45) is 0 Å². The smallest absolute Gasteiger partial charge is 0.160 e. The summed E-state index contributed by atoms with van der Waals surface area (Å²) in [7, 11) is 0. The van der Waals surface area contributed by atoms with Crippen molar-refractivity contribution in [2.75, 3.05) is 6.61 Å². The van der Waals surface area contributed by atoms with Crippen LogP contribution in [0.4, 0.5) is 8.78 Å². The van der Waals surface area contributed by atoms with E-state index in [1.165, 1.54) is 0 Å². The number of ether oxygens (including phenoxy) is 1. The molecule has 1 fully saturated rings. The summed E-state index contributed by atoms with van der Waals surface area (Å²) in [4.78, 5) is 0. The van der Waals surface area contributed by atoms with Gasteiger partial charge in [0, 0.05) is 11.6 Å². The molecule has 5 heteroatoms. The van der Waals surface area contributed by atoms with Crippen molar-refractivity contribution in [1.29, 1.82) is 0 Å². The molecule has 0 aliphatic carbocycles. The van der Waals surface area contributed by atoms with Crippen LogP contribution in [0.1, 0.15) is 30.2 Å². The summed E-state index contributed by atoms with van der Waals surface area (Å²) >= 11 is 12.1. The Kier molecular flexibility index (Phi) is 4.23. The molecular formula is C12H12Cl2F2O. The molecule has 0 saturated carbocycles. The van der Waals surface area contributed by atoms with Crippen molar-refractivity contribution < 1.29 is 13.5 Å². The molecule has 0 N–H and O–H groups in total. The fourth-order valence-corrected chi connectivity index (χ4v) is 2.65. The molecule has 1 nitrogen and oxygen atoms in total. The van der Waals surface area contributed by atoms with E-state index in [2.05, 4.69) is 0 Å². The Labute approximate surface area is 109 Å². The molecule has 2 unspecified atom stereocenters. The first-order chi connectivity index (χ1) is 8.09. The lowest BCUT2D eigenvalue weighted by Gasteiger charge is -2.27. The number of hydrogen-bond acceptors (Lipinski definition) is 1. The molecule has 1 aliphatic rings. The Hall–Kier alpha value is -0.380. The van der Waals surface area contributed by atoms with E-state index in [1.54, 1.807) is 0 Å². The van der Waals surface area contributed by atoms with Crippen LogP contribution in [-0.2, 0) is 4.74 Å². The molecule has 17 heavy (non-hydrogen) atoms. The van der Waals surface area contributed by atoms with Gasteiger partial charge in [-0.15, -0.1) is 11.6 Å². The van der Waals surface area contributed by atoms with Gasteiger partial charge >= 0.3 is 0 Å². The maximum absolute atomic E-state index is 13.2. The number of benzene rings is 1. The second-order valence-electron chi connectivity index (χ2n) is 4.09. The Morgan fingerprint density at radius 2 is 1.94 bits per heavy atom. The van der Waals surface area contributed by atoms with Crippen molar-refractivity contribution in [3.63, 3.8) is 0 Å². The number of alkyl halides is 1. The van der Waals surface area contributed by atoms with E-state index in [0.717, 1.165) is 31.4 Å². The topological polar surface area (TPSA) is 9.23 Å². The van der Waals surface area contributed by atoms with E-state index in [-0.39, 0.29) is 11.1 Å². The average molecular weight is 281 g/mol. The lowest BCUT2D eigenvalue weighted by molar-refractivity contribution is 0.0135. The molecule has 0 radical (unpaired) electrons. The van der Waals surface area contributed by atoms with Gasteiger partial charge in [0.15, 0.2) is 11.6 Å². The zero-order chi connectivity index (χ0) is 12.4. The molecule has 2 rings (SSSR count). The first-order valence-electron chi connectivity index (χ1n) is 5.49. The Morgan fingerprint density at radius 1 is 1.24 bits per heavy atom. The van der Waals surface area contributed by atoms with E-state index in [1.807, 2.05) is 0 Å². The second-order valence-corrected chi connectivity index (χ2v) is 4.97. The number of halogens is 4. The number of hydrogen-bond donors (Lipinski definition) is 0. The largest absolute Gasteiger partial charge is 0.376 e. The van der Waals surface area contributed by atoms with Crippen LogP contribution in [0.5, 0.6) is 0 Å². The third kappa shape index (κ3) is 2.90. The van der Waals surface area contributed by atoms with Crippen LogP contribution in [0.3, 0.4) is 0 Å². The van der Waals surface area contributed by atoms with Crippen LogP contribution in [0, 0.1) is 11.6 Å². The van der Waals surface area contributed by atoms with Crippen LogP contribution >= 0.6 is 23.2 Å². The Morgan fingerprint density at radius 3 is 2.59 bits per heavy atom. The highest BCUT2D eigenvalue weighted by molar-refractivity contribution is 6.32. The third-order valence-corrected chi connectivity index (χ3v) is 3.72. The molecule has 1 aromatic carbocycles. The zero-order valence-electron chi connectivity index (χ0n) is 9.06. The van der Waals surface area contributed by atoms with E-state index in [4.69, 9.17) is 27.9 Å². The van der Waals surface area contributed by atoms with Gasteiger partial charge < -0.3 is 4.74 Å². The lowest BCUT2D eigenvalue weighted by atomic mass is 10.0. The summed E-state index contributed by atoms with van der Waals surface area (Å²) in [6.07, 6.45) is 2.65. The van der Waals surface area contributed by atoms with Crippen molar-refractivity contribution >= 4 is 23.2 Å². The average Bonchev–Trinajstić information content (AvgIpc) is 2.34. The van der Waals surface area contributed by atoms with E-state index in [0.29, 0.717) is 12.2 Å². The maximum atomic E-state index is 13.2. The minimum atomic E-state index is -0.966. The summed E-state index contributed by atoms with van der Waals surface area (Å²) in [5, 5.41) is -0.407. The molecule has 1 aliphatic heterocycles. The highest BCUT2D eigenvalue weighted by atomic mass is 35.5. The first-order valence-corrected chi connectivity index (χ1v) is 6.31. The first kappa shape index (κ1) is 13.1. The van der Waals surface area contributed by atoms with Crippen LogP contribution in [0.2, 0.25) is 5.02 Å². The Bertz CT molecular complexity index is 406. The molecule has 1 aromatic rings. The van der Waals surface area contributed by atoms with Crippen LogP contribution in [0.25, 0.3) is 0 Å². The van der Waals surface area contributed by atoms with Gasteiger partial charge in [0.05, 0.1) is 11.5 Å². The fraction of sp³-hybridized carbons (Fsp3) is 0.500.